The van der Waals surface area contributed by atoms with Crippen LogP contribution in [-0.2, 0) is 4.74 Å². The van der Waals surface area contributed by atoms with Gasteiger partial charge in [0.2, 0.25) is 0 Å². The van der Waals surface area contributed by atoms with E-state index in [0.717, 1.165) is 49.5 Å². The van der Waals surface area contributed by atoms with E-state index >= 15 is 0 Å². The van der Waals surface area contributed by atoms with Crippen molar-refractivity contribution in [2.75, 3.05) is 10.6 Å². The average molecular weight is 830 g/mol. The molecule has 0 radical (unpaired) electrons. The molecule has 2 amide bonds. The maximum absolute atomic E-state index is 14.7. The van der Waals surface area contributed by atoms with Gasteiger partial charge in [-0.3, -0.25) is 9.59 Å². The number of halogens is 3. The highest BCUT2D eigenvalue weighted by Gasteiger charge is 2.30. The first-order chi connectivity index (χ1) is 26.1. The maximum atomic E-state index is 14.7. The second kappa shape index (κ2) is 14.8. The van der Waals surface area contributed by atoms with Crippen LogP contribution >= 0.6 is 68.5 Å². The second-order valence-electron chi connectivity index (χ2n) is 11.4. The Labute approximate surface area is 330 Å². The molecule has 2 N–H and O–H groups in total. The molecule has 0 unspecified atom stereocenters. The van der Waals surface area contributed by atoms with Gasteiger partial charge in [0.05, 0.1) is 25.5 Å². The third-order valence-electron chi connectivity index (χ3n) is 7.99. The van der Waals surface area contributed by atoms with E-state index in [1.165, 1.54) is 28.8 Å². The molecule has 0 saturated carbocycles. The molecule has 0 atom stereocenters. The van der Waals surface area contributed by atoms with Crippen molar-refractivity contribution in [3.8, 4) is 22.3 Å². The van der Waals surface area contributed by atoms with E-state index in [1.807, 2.05) is 30.3 Å². The number of thiazole rings is 2. The highest BCUT2D eigenvalue weighted by atomic mass is 35.5. The van der Waals surface area contributed by atoms with Gasteiger partial charge in [-0.1, -0.05) is 65.7 Å². The van der Waals surface area contributed by atoms with Gasteiger partial charge in [-0.05, 0) is 59.7 Å². The smallest absolute Gasteiger partial charge is 0.349 e. The Morgan fingerprint density at radius 2 is 1.11 bits per heavy atom. The number of para-hydroxylation sites is 2. The summed E-state index contributed by atoms with van der Waals surface area (Å²) < 4.78 is 21.8. The molecule has 0 spiro atoms. The molecule has 4 aromatic heterocycles. The Bertz CT molecular complexity index is 2730. The van der Waals surface area contributed by atoms with Gasteiger partial charge in [0.15, 0.2) is 10.0 Å². The monoisotopic (exact) mass is 828 g/mol. The van der Waals surface area contributed by atoms with Crippen LogP contribution in [0.3, 0.4) is 0 Å². The zero-order valence-electron chi connectivity index (χ0n) is 27.0. The summed E-state index contributed by atoms with van der Waals surface area (Å²) in [6.45, 7) is 0. The standard InChI is InChI=1S/C38H19Cl2FN4O5S4/c39-20-12-9-18(10-13-20)21-16-51-33(44-31(46)35-42-25-5-1-3-7-27(25)53-35)29(21)37(48)50-38(49)30-22(19-11-14-23(40)24(41)15-19)17-52-34(30)45-32(47)36-43-26-6-2-4-8-28(26)54-36/h1-17H,(H,44,46)(H,45,47). The van der Waals surface area contributed by atoms with Crippen molar-refractivity contribution in [1.29, 1.82) is 0 Å². The van der Waals surface area contributed by atoms with E-state index in [4.69, 9.17) is 27.9 Å². The van der Waals surface area contributed by atoms with Crippen LogP contribution in [0.15, 0.2) is 102 Å². The van der Waals surface area contributed by atoms with E-state index in [9.17, 15) is 23.6 Å². The Kier molecular flexibility index (Phi) is 9.79. The van der Waals surface area contributed by atoms with E-state index in [2.05, 4.69) is 20.6 Å². The Hall–Kier alpha value is -5.35. The van der Waals surface area contributed by atoms with Gasteiger partial charge < -0.3 is 15.4 Å². The van der Waals surface area contributed by atoms with Crippen LogP contribution in [0.25, 0.3) is 42.7 Å². The summed E-state index contributed by atoms with van der Waals surface area (Å²) >= 11 is 16.5. The van der Waals surface area contributed by atoms with Gasteiger partial charge in [0.25, 0.3) is 11.8 Å². The van der Waals surface area contributed by atoms with Crippen molar-refractivity contribution >= 4 is 123 Å². The topological polar surface area (TPSA) is 127 Å². The normalized spacial score (nSPS) is 11.2. The third-order valence-corrected chi connectivity index (χ3v) is 12.4. The minimum absolute atomic E-state index is 0.0371. The lowest BCUT2D eigenvalue weighted by Crippen LogP contribution is -2.19. The van der Waals surface area contributed by atoms with Crippen LogP contribution < -0.4 is 10.6 Å². The molecular weight excluding hydrogens is 811 g/mol. The van der Waals surface area contributed by atoms with Crippen LogP contribution in [0.2, 0.25) is 10.0 Å². The molecule has 4 aromatic carbocycles. The number of nitrogens with one attached hydrogen (secondary N) is 2. The van der Waals surface area contributed by atoms with Crippen molar-refractivity contribution in [2.24, 2.45) is 0 Å². The van der Waals surface area contributed by atoms with Crippen molar-refractivity contribution < 1.29 is 28.3 Å². The molecule has 0 aliphatic carbocycles. The van der Waals surface area contributed by atoms with Crippen LogP contribution in [-0.4, -0.2) is 33.7 Å². The summed E-state index contributed by atoms with van der Waals surface area (Å²) in [4.78, 5) is 64.0. The number of fused-ring (bicyclic) bond motifs is 2. The quantitative estimate of drug-likeness (QED) is 0.115. The maximum Gasteiger partial charge on any atom is 0.349 e. The number of carbonyl (C=O) groups excluding carboxylic acids is 4. The molecule has 0 aliphatic heterocycles. The Morgan fingerprint density at radius 1 is 0.630 bits per heavy atom. The molecule has 0 bridgehead atoms. The van der Waals surface area contributed by atoms with E-state index in [0.29, 0.717) is 27.2 Å². The van der Waals surface area contributed by atoms with Gasteiger partial charge >= 0.3 is 11.9 Å². The number of nitrogens with zero attached hydrogens (tertiary/aromatic N) is 2. The number of aromatic nitrogens is 2. The van der Waals surface area contributed by atoms with Crippen molar-refractivity contribution in [2.45, 2.75) is 0 Å². The first-order valence-corrected chi connectivity index (χ1v) is 19.8. The largest absolute Gasteiger partial charge is 0.386 e. The number of hydrogen-bond donors (Lipinski definition) is 2. The van der Waals surface area contributed by atoms with E-state index in [1.54, 1.807) is 47.8 Å². The van der Waals surface area contributed by atoms with Crippen LogP contribution in [0.4, 0.5) is 14.4 Å². The zero-order chi connectivity index (χ0) is 37.5. The number of hydrogen-bond acceptors (Lipinski definition) is 11. The molecule has 4 heterocycles. The lowest BCUT2D eigenvalue weighted by Gasteiger charge is -2.11. The minimum atomic E-state index is -1.14. The van der Waals surface area contributed by atoms with Crippen molar-refractivity contribution in [1.82, 2.24) is 9.97 Å². The molecule has 266 valence electrons. The summed E-state index contributed by atoms with van der Waals surface area (Å²) in [7, 11) is 0. The highest BCUT2D eigenvalue weighted by molar-refractivity contribution is 7.21. The fourth-order valence-electron chi connectivity index (χ4n) is 5.46. The predicted octanol–water partition coefficient (Wildman–Crippen LogP) is 11.3. The number of ether oxygens (including phenoxy) is 1. The van der Waals surface area contributed by atoms with E-state index < -0.39 is 29.6 Å². The number of rotatable bonds is 8. The fraction of sp³-hybridized carbons (Fsp3) is 0. The van der Waals surface area contributed by atoms with Crippen LogP contribution in [0, 0.1) is 5.82 Å². The summed E-state index contributed by atoms with van der Waals surface area (Å²) in [5.41, 5.74) is 2.32. The SMILES string of the molecule is O=C(Nc1scc(-c2ccc(Cl)cc2)c1C(=O)OC(=O)c1c(-c2ccc(Cl)c(F)c2)csc1NC(=O)c1nc2ccccc2s1)c1nc2ccccc2s1. The minimum Gasteiger partial charge on any atom is -0.386 e. The van der Waals surface area contributed by atoms with E-state index in [-0.39, 0.29) is 47.3 Å². The van der Waals surface area contributed by atoms with Gasteiger partial charge in [-0.25, -0.2) is 23.9 Å². The molecule has 0 fully saturated rings. The number of benzene rings is 4. The summed E-state index contributed by atoms with van der Waals surface area (Å²) in [6, 6.07) is 25.1. The summed E-state index contributed by atoms with van der Waals surface area (Å²) in [5.74, 6) is -4.13. The number of thiophene rings is 2. The molecule has 0 saturated heterocycles. The summed E-state index contributed by atoms with van der Waals surface area (Å²) in [6.07, 6.45) is 0. The first kappa shape index (κ1) is 35.7. The molecular formula is C38H19Cl2FN4O5S4. The van der Waals surface area contributed by atoms with Crippen molar-refractivity contribution in [3.63, 3.8) is 0 Å². The zero-order valence-corrected chi connectivity index (χ0v) is 31.8. The molecule has 8 rings (SSSR count). The number of carbonyl (C=O) groups is 4. The fourth-order valence-corrected chi connectivity index (χ4v) is 9.33. The number of esters is 2. The molecule has 9 nitrogen and oxygen atoms in total. The number of amides is 2. The molecule has 8 aromatic rings. The Balaban J connectivity index is 1.15. The average Bonchev–Trinajstić information content (AvgIpc) is 3.97. The highest BCUT2D eigenvalue weighted by Crippen LogP contribution is 2.40. The van der Waals surface area contributed by atoms with Crippen LogP contribution in [0.5, 0.6) is 0 Å². The van der Waals surface area contributed by atoms with Gasteiger partial charge in [0.1, 0.15) is 26.9 Å². The van der Waals surface area contributed by atoms with Gasteiger partial charge in [0, 0.05) is 26.9 Å². The van der Waals surface area contributed by atoms with Crippen LogP contribution in [0.1, 0.15) is 40.3 Å². The summed E-state index contributed by atoms with van der Waals surface area (Å²) in [5, 5.41) is 9.45. The Morgan fingerprint density at radius 3 is 1.61 bits per heavy atom. The van der Waals surface area contributed by atoms with Crippen molar-refractivity contribution in [3.05, 3.63) is 139 Å². The second-order valence-corrected chi connectivity index (χ2v) is 16.1. The third kappa shape index (κ3) is 7.02. The molecule has 16 heteroatoms. The number of anilines is 2. The first-order valence-electron chi connectivity index (χ1n) is 15.7. The lowest BCUT2D eigenvalue weighted by atomic mass is 10.0. The predicted molar refractivity (Wildman–Crippen MR) is 214 cm³/mol. The molecule has 0 aliphatic rings. The van der Waals surface area contributed by atoms with Gasteiger partial charge in [-0.2, -0.15) is 0 Å². The lowest BCUT2D eigenvalue weighted by molar-refractivity contribution is 0.0401. The van der Waals surface area contributed by atoms with Gasteiger partial charge in [-0.15, -0.1) is 45.3 Å². The molecule has 54 heavy (non-hydrogen) atoms.